The van der Waals surface area contributed by atoms with Gasteiger partial charge in [0.25, 0.3) is 9.05 Å². The Kier molecular flexibility index (Phi) is 5.96. The second kappa shape index (κ2) is 6.86. The molecule has 0 radical (unpaired) electrons. The fourth-order valence-corrected chi connectivity index (χ4v) is 3.44. The Bertz CT molecular complexity index is 640. The highest BCUT2D eigenvalue weighted by molar-refractivity contribution is 8.13. The molecule has 1 N–H and O–H groups in total. The standard InChI is InChI=1S/C11H16ClNO5S2/c1-3-18-8-9(2)13-20(16,17)11-6-4-10(5-7-11)19(12,14)15/h4-7,9,13H,3,8H2,1-2H3. The van der Waals surface area contributed by atoms with E-state index >= 15 is 0 Å². The number of sulfonamides is 1. The predicted molar refractivity (Wildman–Crippen MR) is 75.8 cm³/mol. The Hall–Kier alpha value is -0.670. The maximum Gasteiger partial charge on any atom is 0.261 e. The minimum Gasteiger partial charge on any atom is -0.380 e. The average molecular weight is 342 g/mol. The molecule has 1 unspecified atom stereocenters. The van der Waals surface area contributed by atoms with Crippen LogP contribution in [0.2, 0.25) is 0 Å². The van der Waals surface area contributed by atoms with Gasteiger partial charge in [-0.2, -0.15) is 0 Å². The second-order valence-electron chi connectivity index (χ2n) is 4.09. The van der Waals surface area contributed by atoms with Crippen LogP contribution in [0.3, 0.4) is 0 Å². The van der Waals surface area contributed by atoms with E-state index in [2.05, 4.69) is 4.72 Å². The van der Waals surface area contributed by atoms with Gasteiger partial charge in [-0.05, 0) is 38.1 Å². The molecule has 0 spiro atoms. The molecule has 0 bridgehead atoms. The SMILES string of the molecule is CCOCC(C)NS(=O)(=O)c1ccc(S(=O)(=O)Cl)cc1. The van der Waals surface area contributed by atoms with Crippen LogP contribution >= 0.6 is 10.7 Å². The Morgan fingerprint density at radius 1 is 1.15 bits per heavy atom. The molecular formula is C11H16ClNO5S2. The van der Waals surface area contributed by atoms with E-state index in [1.54, 1.807) is 6.92 Å². The minimum atomic E-state index is -3.86. The molecule has 1 aromatic rings. The molecule has 1 rings (SSSR count). The van der Waals surface area contributed by atoms with Crippen LogP contribution in [-0.2, 0) is 23.8 Å². The Morgan fingerprint density at radius 3 is 2.10 bits per heavy atom. The smallest absolute Gasteiger partial charge is 0.261 e. The summed E-state index contributed by atoms with van der Waals surface area (Å²) in [5, 5.41) is 0. The van der Waals surface area contributed by atoms with E-state index < -0.39 is 25.1 Å². The molecular weight excluding hydrogens is 326 g/mol. The third-order valence-corrected chi connectivity index (χ3v) is 5.32. The van der Waals surface area contributed by atoms with Gasteiger partial charge in [-0.1, -0.05) is 0 Å². The molecule has 0 saturated carbocycles. The Morgan fingerprint density at radius 2 is 1.65 bits per heavy atom. The monoisotopic (exact) mass is 341 g/mol. The zero-order chi connectivity index (χ0) is 15.4. The molecule has 9 heteroatoms. The molecule has 0 amide bonds. The van der Waals surface area contributed by atoms with Crippen LogP contribution in [0.4, 0.5) is 0 Å². The zero-order valence-electron chi connectivity index (χ0n) is 11.0. The predicted octanol–water partition coefficient (Wildman–Crippen LogP) is 1.32. The number of hydrogen-bond acceptors (Lipinski definition) is 5. The van der Waals surface area contributed by atoms with Gasteiger partial charge >= 0.3 is 0 Å². The topological polar surface area (TPSA) is 89.5 Å². The highest BCUT2D eigenvalue weighted by atomic mass is 35.7. The molecule has 6 nitrogen and oxygen atoms in total. The van der Waals surface area contributed by atoms with E-state index in [9.17, 15) is 16.8 Å². The van der Waals surface area contributed by atoms with E-state index in [0.29, 0.717) is 6.61 Å². The van der Waals surface area contributed by atoms with Gasteiger partial charge in [0.1, 0.15) is 0 Å². The van der Waals surface area contributed by atoms with Crippen LogP contribution < -0.4 is 4.72 Å². The van der Waals surface area contributed by atoms with Crippen LogP contribution in [0.5, 0.6) is 0 Å². The molecule has 114 valence electrons. The molecule has 0 heterocycles. The zero-order valence-corrected chi connectivity index (χ0v) is 13.4. The van der Waals surface area contributed by atoms with Crippen molar-refractivity contribution in [1.82, 2.24) is 4.72 Å². The van der Waals surface area contributed by atoms with Crippen molar-refractivity contribution < 1.29 is 21.6 Å². The summed E-state index contributed by atoms with van der Waals surface area (Å²) in [5.74, 6) is 0. The van der Waals surface area contributed by atoms with E-state index in [4.69, 9.17) is 15.4 Å². The van der Waals surface area contributed by atoms with Gasteiger partial charge in [0.2, 0.25) is 10.0 Å². The lowest BCUT2D eigenvalue weighted by atomic mass is 10.4. The second-order valence-corrected chi connectivity index (χ2v) is 8.37. The summed E-state index contributed by atoms with van der Waals surface area (Å²) >= 11 is 0. The number of hydrogen-bond donors (Lipinski definition) is 1. The van der Waals surface area contributed by atoms with Gasteiger partial charge in [0.15, 0.2) is 0 Å². The average Bonchev–Trinajstić information content (AvgIpc) is 2.35. The normalized spacial score (nSPS) is 14.2. The van der Waals surface area contributed by atoms with Gasteiger partial charge in [0.05, 0.1) is 16.4 Å². The lowest BCUT2D eigenvalue weighted by Gasteiger charge is -2.14. The van der Waals surface area contributed by atoms with Crippen molar-refractivity contribution in [2.45, 2.75) is 29.7 Å². The van der Waals surface area contributed by atoms with Crippen LogP contribution in [0.1, 0.15) is 13.8 Å². The quantitative estimate of drug-likeness (QED) is 0.755. The summed E-state index contributed by atoms with van der Waals surface area (Å²) < 4.78 is 53.7. The van der Waals surface area contributed by atoms with Gasteiger partial charge < -0.3 is 4.74 Å². The number of nitrogens with one attached hydrogen (secondary N) is 1. The van der Waals surface area contributed by atoms with Gasteiger partial charge in [-0.25, -0.2) is 21.6 Å². The Labute approximate surface area is 123 Å². The summed E-state index contributed by atoms with van der Waals surface area (Å²) in [7, 11) is -2.43. The molecule has 1 aromatic carbocycles. The summed E-state index contributed by atoms with van der Waals surface area (Å²) in [5.41, 5.74) is 0. The van der Waals surface area contributed by atoms with E-state index in [1.165, 1.54) is 12.1 Å². The van der Waals surface area contributed by atoms with Crippen molar-refractivity contribution in [2.24, 2.45) is 0 Å². The molecule has 0 saturated heterocycles. The lowest BCUT2D eigenvalue weighted by molar-refractivity contribution is 0.133. The number of rotatable bonds is 7. The number of ether oxygens (including phenoxy) is 1. The summed E-state index contributed by atoms with van der Waals surface area (Å²) in [6.07, 6.45) is 0. The van der Waals surface area contributed by atoms with Crippen LogP contribution in [0, 0.1) is 0 Å². The molecule has 0 aliphatic carbocycles. The number of benzene rings is 1. The molecule has 1 atom stereocenters. The first-order valence-electron chi connectivity index (χ1n) is 5.81. The third kappa shape index (κ3) is 5.02. The highest BCUT2D eigenvalue weighted by Crippen LogP contribution is 2.17. The van der Waals surface area contributed by atoms with Gasteiger partial charge in [-0.15, -0.1) is 0 Å². The lowest BCUT2D eigenvalue weighted by Crippen LogP contribution is -2.35. The van der Waals surface area contributed by atoms with Crippen LogP contribution in [0.25, 0.3) is 0 Å². The summed E-state index contributed by atoms with van der Waals surface area (Å²) in [6, 6.07) is 4.26. The van der Waals surface area contributed by atoms with E-state index in [-0.39, 0.29) is 16.4 Å². The molecule has 0 aliphatic heterocycles. The van der Waals surface area contributed by atoms with Crippen molar-refractivity contribution in [3.05, 3.63) is 24.3 Å². The third-order valence-electron chi connectivity index (χ3n) is 2.34. The van der Waals surface area contributed by atoms with E-state index in [0.717, 1.165) is 12.1 Å². The first-order valence-corrected chi connectivity index (χ1v) is 9.61. The summed E-state index contributed by atoms with van der Waals surface area (Å²) in [6.45, 7) is 4.23. The minimum absolute atomic E-state index is 0.0371. The first-order chi connectivity index (χ1) is 9.16. The molecule has 0 fully saturated rings. The van der Waals surface area contributed by atoms with Crippen molar-refractivity contribution in [3.63, 3.8) is 0 Å². The maximum atomic E-state index is 12.0. The van der Waals surface area contributed by atoms with Crippen molar-refractivity contribution in [1.29, 1.82) is 0 Å². The van der Waals surface area contributed by atoms with Crippen molar-refractivity contribution >= 4 is 29.8 Å². The van der Waals surface area contributed by atoms with Crippen LogP contribution in [0.15, 0.2) is 34.1 Å². The summed E-state index contributed by atoms with van der Waals surface area (Å²) in [4.78, 5) is -0.189. The Balaban J connectivity index is 2.88. The van der Waals surface area contributed by atoms with Gasteiger partial charge in [0, 0.05) is 23.3 Å². The van der Waals surface area contributed by atoms with Crippen molar-refractivity contribution in [2.75, 3.05) is 13.2 Å². The van der Waals surface area contributed by atoms with Crippen LogP contribution in [-0.4, -0.2) is 36.1 Å². The molecule has 0 aromatic heterocycles. The molecule has 20 heavy (non-hydrogen) atoms. The molecule has 0 aliphatic rings. The largest absolute Gasteiger partial charge is 0.380 e. The first kappa shape index (κ1) is 17.4. The maximum absolute atomic E-state index is 12.0. The number of halogens is 1. The van der Waals surface area contributed by atoms with E-state index in [1.807, 2.05) is 6.92 Å². The fourth-order valence-electron chi connectivity index (χ4n) is 1.44. The van der Waals surface area contributed by atoms with Gasteiger partial charge in [-0.3, -0.25) is 0 Å². The fraction of sp³-hybridized carbons (Fsp3) is 0.455. The highest BCUT2D eigenvalue weighted by Gasteiger charge is 2.18. The van der Waals surface area contributed by atoms with Crippen molar-refractivity contribution in [3.8, 4) is 0 Å².